The molecule has 1 fully saturated rings. The van der Waals surface area contributed by atoms with E-state index in [-0.39, 0.29) is 43.5 Å². The second-order valence-electron chi connectivity index (χ2n) is 7.85. The zero-order chi connectivity index (χ0) is 26.9. The van der Waals surface area contributed by atoms with Crippen LogP contribution in [0.4, 0.5) is 9.18 Å². The predicted octanol–water partition coefficient (Wildman–Crippen LogP) is 6.45. The molecule has 0 aliphatic carbocycles. The van der Waals surface area contributed by atoms with Crippen molar-refractivity contribution in [3.05, 3.63) is 92.1 Å². The first-order valence-electron chi connectivity index (χ1n) is 10.6. The molecule has 1 saturated heterocycles. The van der Waals surface area contributed by atoms with Crippen LogP contribution in [0.3, 0.4) is 0 Å². The first kappa shape index (κ1) is 27.0. The van der Waals surface area contributed by atoms with Crippen molar-refractivity contribution in [2.75, 3.05) is 7.11 Å². The third kappa shape index (κ3) is 5.77. The van der Waals surface area contributed by atoms with Crippen LogP contribution in [0.15, 0.2) is 64.4 Å². The van der Waals surface area contributed by atoms with Crippen LogP contribution in [0.2, 0.25) is 10.0 Å². The van der Waals surface area contributed by atoms with E-state index in [4.69, 9.17) is 32.1 Å². The highest BCUT2D eigenvalue weighted by molar-refractivity contribution is 8.18. The van der Waals surface area contributed by atoms with Crippen molar-refractivity contribution in [2.24, 2.45) is 0 Å². The van der Waals surface area contributed by atoms with Gasteiger partial charge in [0.1, 0.15) is 10.7 Å². The average molecular weight is 582 g/mol. The third-order valence-corrected chi connectivity index (χ3v) is 8.08. The second kappa shape index (κ2) is 10.7. The maximum Gasteiger partial charge on any atom is 0.339 e. The number of rotatable bonds is 7. The van der Waals surface area contributed by atoms with Crippen LogP contribution in [0, 0.1) is 12.7 Å². The van der Waals surface area contributed by atoms with Crippen molar-refractivity contribution in [2.45, 2.75) is 18.4 Å². The molecule has 1 aliphatic rings. The Morgan fingerprint density at radius 3 is 2.41 bits per heavy atom. The molecule has 37 heavy (non-hydrogen) atoms. The van der Waals surface area contributed by atoms with E-state index in [1.54, 1.807) is 12.1 Å². The number of methoxy groups -OCH3 is 1. The molecule has 192 valence electrons. The Kier molecular flexibility index (Phi) is 7.84. The van der Waals surface area contributed by atoms with Crippen LogP contribution in [0.1, 0.15) is 16.7 Å². The van der Waals surface area contributed by atoms with Gasteiger partial charge >= 0.3 is 10.1 Å². The third-order valence-electron chi connectivity index (χ3n) is 5.30. The van der Waals surface area contributed by atoms with Gasteiger partial charge in [0.2, 0.25) is 5.75 Å². The molecule has 2 amide bonds. The summed E-state index contributed by atoms with van der Waals surface area (Å²) in [6, 6.07) is 12.9. The fourth-order valence-corrected chi connectivity index (χ4v) is 5.72. The summed E-state index contributed by atoms with van der Waals surface area (Å²) < 4.78 is 50.2. The van der Waals surface area contributed by atoms with Gasteiger partial charge in [-0.05, 0) is 66.7 Å². The number of nitrogens with zero attached hydrogens (tertiary/aromatic N) is 1. The van der Waals surface area contributed by atoms with Crippen LogP contribution in [-0.4, -0.2) is 31.6 Å². The Bertz CT molecular complexity index is 1520. The smallest absolute Gasteiger partial charge is 0.339 e. The summed E-state index contributed by atoms with van der Waals surface area (Å²) in [4.78, 5) is 26.3. The Morgan fingerprint density at radius 1 is 1.05 bits per heavy atom. The highest BCUT2D eigenvalue weighted by Gasteiger charge is 2.36. The molecule has 0 N–H and O–H groups in total. The van der Waals surface area contributed by atoms with Gasteiger partial charge in [0.25, 0.3) is 11.1 Å². The lowest BCUT2D eigenvalue weighted by molar-refractivity contribution is -0.123. The SMILES string of the molecule is COc1cc(/C=C2\SC(=O)N(Cc3c(F)cccc3Cl)C2=O)cc(Cl)c1OS(=O)(=O)c1ccc(C)cc1. The Balaban J connectivity index is 1.61. The number of ether oxygens (including phenoxy) is 1. The Labute approximate surface area is 226 Å². The number of aryl methyl sites for hydroxylation is 1. The molecule has 12 heteroatoms. The number of thioether (sulfide) groups is 1. The minimum absolute atomic E-state index is 0.00759. The molecule has 1 aliphatic heterocycles. The molecule has 0 spiro atoms. The second-order valence-corrected chi connectivity index (χ2v) is 11.2. The van der Waals surface area contributed by atoms with Crippen LogP contribution >= 0.6 is 35.0 Å². The predicted molar refractivity (Wildman–Crippen MR) is 140 cm³/mol. The van der Waals surface area contributed by atoms with Gasteiger partial charge in [-0.15, -0.1) is 0 Å². The number of amides is 2. The van der Waals surface area contributed by atoms with Gasteiger partial charge in [-0.1, -0.05) is 47.0 Å². The summed E-state index contributed by atoms with van der Waals surface area (Å²) in [6.45, 7) is 1.49. The number of halogens is 3. The van der Waals surface area contributed by atoms with E-state index in [1.807, 2.05) is 6.92 Å². The van der Waals surface area contributed by atoms with Crippen molar-refractivity contribution in [1.82, 2.24) is 4.90 Å². The Hall–Kier alpha value is -3.05. The van der Waals surface area contributed by atoms with Crippen LogP contribution in [0.25, 0.3) is 6.08 Å². The molecule has 0 saturated carbocycles. The van der Waals surface area contributed by atoms with E-state index in [0.717, 1.165) is 10.5 Å². The largest absolute Gasteiger partial charge is 0.493 e. The molecule has 3 aromatic rings. The van der Waals surface area contributed by atoms with Crippen molar-refractivity contribution >= 4 is 62.3 Å². The molecular weight excluding hydrogens is 564 g/mol. The zero-order valence-electron chi connectivity index (χ0n) is 19.3. The maximum atomic E-state index is 14.2. The molecule has 1 heterocycles. The topological polar surface area (TPSA) is 90.0 Å². The normalized spacial score (nSPS) is 14.9. The van der Waals surface area contributed by atoms with E-state index in [2.05, 4.69) is 0 Å². The van der Waals surface area contributed by atoms with Gasteiger partial charge in [-0.3, -0.25) is 14.5 Å². The van der Waals surface area contributed by atoms with E-state index in [1.165, 1.54) is 55.7 Å². The first-order chi connectivity index (χ1) is 17.5. The van der Waals surface area contributed by atoms with E-state index >= 15 is 0 Å². The van der Waals surface area contributed by atoms with Gasteiger partial charge in [0.05, 0.1) is 23.6 Å². The van der Waals surface area contributed by atoms with Gasteiger partial charge in [0.15, 0.2) is 5.75 Å². The quantitative estimate of drug-likeness (QED) is 0.234. The number of carbonyl (C=O) groups excluding carboxylic acids is 2. The molecular formula is C25H18Cl2FNO6S2. The summed E-state index contributed by atoms with van der Waals surface area (Å²) >= 11 is 13.0. The van der Waals surface area contributed by atoms with E-state index < -0.39 is 27.1 Å². The highest BCUT2D eigenvalue weighted by atomic mass is 35.5. The average Bonchev–Trinajstić information content (AvgIpc) is 3.10. The maximum absolute atomic E-state index is 14.2. The van der Waals surface area contributed by atoms with Gasteiger partial charge < -0.3 is 8.92 Å². The summed E-state index contributed by atoms with van der Waals surface area (Å²) in [5.41, 5.74) is 1.24. The summed E-state index contributed by atoms with van der Waals surface area (Å²) in [7, 11) is -2.91. The number of benzene rings is 3. The number of hydrogen-bond donors (Lipinski definition) is 0. The number of carbonyl (C=O) groups is 2. The lowest BCUT2D eigenvalue weighted by Crippen LogP contribution is -2.28. The fourth-order valence-electron chi connectivity index (χ4n) is 3.40. The van der Waals surface area contributed by atoms with E-state index in [0.29, 0.717) is 17.3 Å². The molecule has 0 bridgehead atoms. The van der Waals surface area contributed by atoms with Crippen molar-refractivity contribution in [1.29, 1.82) is 0 Å². The molecule has 0 radical (unpaired) electrons. The summed E-state index contributed by atoms with van der Waals surface area (Å²) in [5.74, 6) is -1.52. The molecule has 0 aromatic heterocycles. The number of imide groups is 1. The molecule has 0 atom stereocenters. The van der Waals surface area contributed by atoms with Crippen molar-refractivity contribution in [3.63, 3.8) is 0 Å². The van der Waals surface area contributed by atoms with Crippen molar-refractivity contribution < 1.29 is 31.3 Å². The number of hydrogen-bond acceptors (Lipinski definition) is 7. The van der Waals surface area contributed by atoms with Gasteiger partial charge in [-0.2, -0.15) is 8.42 Å². The van der Waals surface area contributed by atoms with E-state index in [9.17, 15) is 22.4 Å². The van der Waals surface area contributed by atoms with Crippen LogP contribution in [0.5, 0.6) is 11.5 Å². The minimum Gasteiger partial charge on any atom is -0.493 e. The lowest BCUT2D eigenvalue weighted by Gasteiger charge is -2.14. The first-order valence-corrected chi connectivity index (χ1v) is 13.5. The monoisotopic (exact) mass is 581 g/mol. The van der Waals surface area contributed by atoms with Crippen LogP contribution < -0.4 is 8.92 Å². The molecule has 4 rings (SSSR count). The molecule has 7 nitrogen and oxygen atoms in total. The lowest BCUT2D eigenvalue weighted by atomic mass is 10.1. The van der Waals surface area contributed by atoms with Crippen LogP contribution in [-0.2, 0) is 21.5 Å². The van der Waals surface area contributed by atoms with Gasteiger partial charge in [-0.25, -0.2) is 4.39 Å². The summed E-state index contributed by atoms with van der Waals surface area (Å²) in [5, 5.41) is -0.604. The summed E-state index contributed by atoms with van der Waals surface area (Å²) in [6.07, 6.45) is 1.39. The minimum atomic E-state index is -4.21. The van der Waals surface area contributed by atoms with Crippen molar-refractivity contribution in [3.8, 4) is 11.5 Å². The zero-order valence-corrected chi connectivity index (χ0v) is 22.5. The highest BCUT2D eigenvalue weighted by Crippen LogP contribution is 2.40. The fraction of sp³-hybridized carbons (Fsp3) is 0.120. The Morgan fingerprint density at radius 2 is 1.76 bits per heavy atom. The molecule has 0 unspecified atom stereocenters. The standard InChI is InChI=1S/C25H18Cl2FNO6S2/c1-14-6-8-16(9-7-14)37(32,33)35-23-19(27)10-15(11-21(23)34-2)12-22-24(30)29(25(31)36-22)13-17-18(26)4-3-5-20(17)28/h3-12H,13H2,1-2H3/b22-12-. The van der Waals surface area contributed by atoms with Gasteiger partial charge in [0, 0.05) is 10.6 Å². The molecule has 3 aromatic carbocycles.